The average Bonchev–Trinajstić information content (AvgIpc) is 2.53. The van der Waals surface area contributed by atoms with E-state index in [0.717, 1.165) is 55.5 Å². The molecule has 1 aliphatic rings. The van der Waals surface area contributed by atoms with Crippen molar-refractivity contribution in [3.05, 3.63) is 35.4 Å². The van der Waals surface area contributed by atoms with Gasteiger partial charge in [0.15, 0.2) is 0 Å². The maximum Gasteiger partial charge on any atom is 0.209 e. The Bertz CT molecular complexity index is 503. The third-order valence-corrected chi connectivity index (χ3v) is 3.84. The van der Waals surface area contributed by atoms with Crippen molar-refractivity contribution in [3.63, 3.8) is 0 Å². The molecule has 1 aliphatic heterocycles. The number of hydrogen-bond donors (Lipinski definition) is 1. The van der Waals surface area contributed by atoms with E-state index in [1.807, 2.05) is 37.4 Å². The molecule has 1 saturated heterocycles. The average molecular weight is 272 g/mol. The van der Waals surface area contributed by atoms with Crippen LogP contribution in [-0.4, -0.2) is 37.7 Å². The van der Waals surface area contributed by atoms with Crippen molar-refractivity contribution in [2.45, 2.75) is 12.8 Å². The Hall–Kier alpha value is -2.10. The fourth-order valence-electron chi connectivity index (χ4n) is 2.62. The standard InChI is InChI=1S/C16H20N2O2/c1-17-16-5-3-2-4-14(16)10-15(11-19)13-6-8-18(12-20)9-7-13/h2-5,10-13,17H,6-9H2,1H3/b15-10+. The fraction of sp³-hybridized carbons (Fsp3) is 0.375. The molecule has 2 rings (SSSR count). The Morgan fingerprint density at radius 3 is 2.55 bits per heavy atom. The number of hydrogen-bond acceptors (Lipinski definition) is 3. The number of likely N-dealkylation sites (tertiary alicyclic amines) is 1. The first-order chi connectivity index (χ1) is 9.78. The summed E-state index contributed by atoms with van der Waals surface area (Å²) < 4.78 is 0. The first-order valence-electron chi connectivity index (χ1n) is 6.91. The number of carbonyl (C=O) groups is 2. The maximum absolute atomic E-state index is 11.4. The maximum atomic E-state index is 11.4. The fourth-order valence-corrected chi connectivity index (χ4v) is 2.62. The third kappa shape index (κ3) is 3.26. The van der Waals surface area contributed by atoms with Gasteiger partial charge in [0.05, 0.1) is 0 Å². The Kier molecular flexibility index (Phi) is 4.93. The number of nitrogens with zero attached hydrogens (tertiary/aromatic N) is 1. The van der Waals surface area contributed by atoms with E-state index in [-0.39, 0.29) is 5.92 Å². The molecule has 106 valence electrons. The van der Waals surface area contributed by atoms with Crippen molar-refractivity contribution in [1.82, 2.24) is 4.90 Å². The van der Waals surface area contributed by atoms with Gasteiger partial charge in [-0.05, 0) is 42.0 Å². The van der Waals surface area contributed by atoms with Crippen LogP contribution in [0.5, 0.6) is 0 Å². The molecule has 0 aromatic heterocycles. The number of carbonyl (C=O) groups excluding carboxylic acids is 2. The summed E-state index contributed by atoms with van der Waals surface area (Å²) in [6, 6.07) is 7.91. The van der Waals surface area contributed by atoms with Gasteiger partial charge in [-0.15, -0.1) is 0 Å². The van der Waals surface area contributed by atoms with Crippen molar-refractivity contribution in [2.24, 2.45) is 5.92 Å². The third-order valence-electron chi connectivity index (χ3n) is 3.84. The van der Waals surface area contributed by atoms with Crippen LogP contribution in [0, 0.1) is 5.92 Å². The molecule has 1 aromatic rings. The van der Waals surface area contributed by atoms with Crippen molar-refractivity contribution < 1.29 is 9.59 Å². The van der Waals surface area contributed by atoms with Gasteiger partial charge in [0.2, 0.25) is 6.41 Å². The van der Waals surface area contributed by atoms with Gasteiger partial charge >= 0.3 is 0 Å². The number of piperidine rings is 1. The molecule has 0 bridgehead atoms. The molecule has 20 heavy (non-hydrogen) atoms. The summed E-state index contributed by atoms with van der Waals surface area (Å²) in [6.45, 7) is 1.46. The van der Waals surface area contributed by atoms with Gasteiger partial charge in [0.1, 0.15) is 6.29 Å². The SMILES string of the molecule is CNc1ccccc1/C=C(\C=O)C1CCN(C=O)CC1. The molecule has 1 aromatic carbocycles. The van der Waals surface area contributed by atoms with Crippen LogP contribution in [0.15, 0.2) is 29.8 Å². The van der Waals surface area contributed by atoms with Gasteiger partial charge in [0, 0.05) is 25.8 Å². The van der Waals surface area contributed by atoms with E-state index in [2.05, 4.69) is 5.32 Å². The first-order valence-corrected chi connectivity index (χ1v) is 6.91. The number of anilines is 1. The predicted octanol–water partition coefficient (Wildman–Crippen LogP) is 2.18. The Morgan fingerprint density at radius 2 is 1.95 bits per heavy atom. The summed E-state index contributed by atoms with van der Waals surface area (Å²) in [7, 11) is 1.87. The minimum Gasteiger partial charge on any atom is -0.388 e. The molecule has 1 heterocycles. The number of rotatable bonds is 5. The second-order valence-corrected chi connectivity index (χ2v) is 5.02. The monoisotopic (exact) mass is 272 g/mol. The van der Waals surface area contributed by atoms with Crippen LogP contribution in [0.1, 0.15) is 18.4 Å². The zero-order chi connectivity index (χ0) is 14.4. The first kappa shape index (κ1) is 14.3. The van der Waals surface area contributed by atoms with E-state index in [1.165, 1.54) is 0 Å². The summed E-state index contributed by atoms with van der Waals surface area (Å²) in [5, 5.41) is 3.13. The lowest BCUT2D eigenvalue weighted by molar-refractivity contribution is -0.119. The minimum atomic E-state index is 0.244. The van der Waals surface area contributed by atoms with Crippen LogP contribution in [0.25, 0.3) is 6.08 Å². The van der Waals surface area contributed by atoms with Gasteiger partial charge < -0.3 is 10.2 Å². The van der Waals surface area contributed by atoms with Gasteiger partial charge in [-0.25, -0.2) is 0 Å². The van der Waals surface area contributed by atoms with E-state index in [9.17, 15) is 9.59 Å². The smallest absolute Gasteiger partial charge is 0.209 e. The van der Waals surface area contributed by atoms with Crippen LogP contribution in [-0.2, 0) is 9.59 Å². The summed E-state index contributed by atoms with van der Waals surface area (Å²) in [5.41, 5.74) is 2.85. The topological polar surface area (TPSA) is 49.4 Å². The van der Waals surface area contributed by atoms with Crippen molar-refractivity contribution >= 4 is 24.5 Å². The highest BCUT2D eigenvalue weighted by atomic mass is 16.1. The Morgan fingerprint density at radius 1 is 1.25 bits per heavy atom. The number of para-hydroxylation sites is 1. The molecule has 0 atom stereocenters. The highest BCUT2D eigenvalue weighted by molar-refractivity contribution is 5.84. The quantitative estimate of drug-likeness (QED) is 0.660. The van der Waals surface area contributed by atoms with Crippen molar-refractivity contribution in [2.75, 3.05) is 25.5 Å². The molecule has 0 unspecified atom stereocenters. The highest BCUT2D eigenvalue weighted by Crippen LogP contribution is 2.26. The molecule has 0 radical (unpaired) electrons. The number of nitrogens with one attached hydrogen (secondary N) is 1. The van der Waals surface area contributed by atoms with Crippen LogP contribution < -0.4 is 5.32 Å². The molecule has 0 aliphatic carbocycles. The van der Waals surface area contributed by atoms with E-state index in [4.69, 9.17) is 0 Å². The number of benzene rings is 1. The van der Waals surface area contributed by atoms with Gasteiger partial charge in [-0.3, -0.25) is 9.59 Å². The molecule has 1 fully saturated rings. The van der Waals surface area contributed by atoms with E-state index in [0.29, 0.717) is 0 Å². The lowest BCUT2D eigenvalue weighted by Crippen LogP contribution is -2.33. The zero-order valence-electron chi connectivity index (χ0n) is 11.7. The molecule has 0 spiro atoms. The second kappa shape index (κ2) is 6.89. The van der Waals surface area contributed by atoms with E-state index < -0.39 is 0 Å². The summed E-state index contributed by atoms with van der Waals surface area (Å²) >= 11 is 0. The minimum absolute atomic E-state index is 0.244. The van der Waals surface area contributed by atoms with Gasteiger partial charge in [-0.1, -0.05) is 18.2 Å². The second-order valence-electron chi connectivity index (χ2n) is 5.02. The largest absolute Gasteiger partial charge is 0.388 e. The van der Waals surface area contributed by atoms with E-state index in [1.54, 1.807) is 4.90 Å². The molecule has 4 heteroatoms. The van der Waals surface area contributed by atoms with Crippen molar-refractivity contribution in [1.29, 1.82) is 0 Å². The normalized spacial score (nSPS) is 16.9. The number of amides is 1. The Labute approximate surface area is 119 Å². The Balaban J connectivity index is 2.17. The molecule has 0 saturated carbocycles. The van der Waals surface area contributed by atoms with Crippen LogP contribution in [0.2, 0.25) is 0 Å². The molecule has 1 N–H and O–H groups in total. The lowest BCUT2D eigenvalue weighted by atomic mass is 9.88. The summed E-state index contributed by atoms with van der Waals surface area (Å²) in [6.07, 6.45) is 5.50. The zero-order valence-corrected chi connectivity index (χ0v) is 11.7. The highest BCUT2D eigenvalue weighted by Gasteiger charge is 2.21. The summed E-state index contributed by atoms with van der Waals surface area (Å²) in [4.78, 5) is 23.9. The molecule has 1 amide bonds. The molecular formula is C16H20N2O2. The van der Waals surface area contributed by atoms with Gasteiger partial charge in [-0.2, -0.15) is 0 Å². The van der Waals surface area contributed by atoms with Gasteiger partial charge in [0.25, 0.3) is 0 Å². The number of allylic oxidation sites excluding steroid dienone is 1. The molecule has 4 nitrogen and oxygen atoms in total. The van der Waals surface area contributed by atoms with Crippen molar-refractivity contribution in [3.8, 4) is 0 Å². The van der Waals surface area contributed by atoms with Crippen LogP contribution in [0.3, 0.4) is 0 Å². The predicted molar refractivity (Wildman–Crippen MR) is 80.4 cm³/mol. The molecular weight excluding hydrogens is 252 g/mol. The van der Waals surface area contributed by atoms with E-state index >= 15 is 0 Å². The lowest BCUT2D eigenvalue weighted by Gasteiger charge is -2.29. The summed E-state index contributed by atoms with van der Waals surface area (Å²) in [5.74, 6) is 0.244. The van der Waals surface area contributed by atoms with Crippen LogP contribution >= 0.6 is 0 Å². The van der Waals surface area contributed by atoms with Crippen LogP contribution in [0.4, 0.5) is 5.69 Å². The number of aldehydes is 1.